The number of primary amides is 1. The molecule has 1 aliphatic heterocycles. The van der Waals surface area contributed by atoms with Crippen molar-refractivity contribution >= 4 is 11.6 Å². The summed E-state index contributed by atoms with van der Waals surface area (Å²) in [6.07, 6.45) is -0.112. The van der Waals surface area contributed by atoms with E-state index in [2.05, 4.69) is 0 Å². The highest BCUT2D eigenvalue weighted by Crippen LogP contribution is 2.24. The van der Waals surface area contributed by atoms with Gasteiger partial charge in [-0.15, -0.1) is 0 Å². The third kappa shape index (κ3) is 3.02. The van der Waals surface area contributed by atoms with Gasteiger partial charge in [-0.25, -0.2) is 4.39 Å². The number of amides is 1. The summed E-state index contributed by atoms with van der Waals surface area (Å²) < 4.78 is 18.8. The van der Waals surface area contributed by atoms with Crippen LogP contribution < -0.4 is 16.4 Å². The van der Waals surface area contributed by atoms with E-state index in [-0.39, 0.29) is 17.7 Å². The molecule has 0 aliphatic carbocycles. The Morgan fingerprint density at radius 1 is 1.58 bits per heavy atom. The Balaban J connectivity index is 2.28. The molecule has 2 unspecified atom stereocenters. The first-order valence-electron chi connectivity index (χ1n) is 6.20. The topological polar surface area (TPSA) is 81.6 Å². The monoisotopic (exact) mass is 267 g/mol. The van der Waals surface area contributed by atoms with E-state index in [0.717, 1.165) is 6.07 Å². The molecule has 104 valence electrons. The van der Waals surface area contributed by atoms with Crippen molar-refractivity contribution in [2.75, 3.05) is 24.6 Å². The van der Waals surface area contributed by atoms with Gasteiger partial charge in [0.15, 0.2) is 0 Å². The molecule has 2 rings (SSSR count). The van der Waals surface area contributed by atoms with Crippen molar-refractivity contribution in [1.82, 2.24) is 0 Å². The first-order chi connectivity index (χ1) is 8.99. The molecule has 0 radical (unpaired) electrons. The van der Waals surface area contributed by atoms with Crippen LogP contribution in [0.1, 0.15) is 17.3 Å². The van der Waals surface area contributed by atoms with Crippen molar-refractivity contribution in [2.24, 2.45) is 11.5 Å². The largest absolute Gasteiger partial charge is 0.373 e. The average molecular weight is 267 g/mol. The van der Waals surface area contributed by atoms with Crippen molar-refractivity contribution in [1.29, 1.82) is 0 Å². The maximum absolute atomic E-state index is 13.2. The molecule has 0 spiro atoms. The van der Waals surface area contributed by atoms with Gasteiger partial charge in [0.25, 0.3) is 5.91 Å². The molecule has 1 aromatic carbocycles. The van der Waals surface area contributed by atoms with E-state index in [1.54, 1.807) is 6.07 Å². The number of anilines is 1. The van der Waals surface area contributed by atoms with Crippen LogP contribution in [-0.4, -0.2) is 37.7 Å². The van der Waals surface area contributed by atoms with Crippen LogP contribution in [0.5, 0.6) is 0 Å². The Kier molecular flexibility index (Phi) is 4.01. The summed E-state index contributed by atoms with van der Waals surface area (Å²) in [5.74, 6) is -1.12. The Hall–Kier alpha value is -1.66. The zero-order chi connectivity index (χ0) is 14.0. The average Bonchev–Trinajstić information content (AvgIpc) is 2.38. The van der Waals surface area contributed by atoms with Crippen molar-refractivity contribution in [3.05, 3.63) is 29.6 Å². The highest BCUT2D eigenvalue weighted by Gasteiger charge is 2.25. The molecule has 0 saturated carbocycles. The number of carbonyl (C=O) groups is 1. The number of morpholine rings is 1. The highest BCUT2D eigenvalue weighted by molar-refractivity contribution is 5.98. The molecule has 2 atom stereocenters. The van der Waals surface area contributed by atoms with Crippen molar-refractivity contribution in [2.45, 2.75) is 19.1 Å². The minimum absolute atomic E-state index is 0.111. The first kappa shape index (κ1) is 13.8. The summed E-state index contributed by atoms with van der Waals surface area (Å²) in [7, 11) is 0. The van der Waals surface area contributed by atoms with Gasteiger partial charge in [-0.3, -0.25) is 4.79 Å². The van der Waals surface area contributed by atoms with Crippen molar-refractivity contribution in [3.63, 3.8) is 0 Å². The van der Waals surface area contributed by atoms with Crippen LogP contribution in [0, 0.1) is 5.82 Å². The molecule has 4 N–H and O–H groups in total. The van der Waals surface area contributed by atoms with Crippen LogP contribution >= 0.6 is 0 Å². The van der Waals surface area contributed by atoms with Crippen molar-refractivity contribution < 1.29 is 13.9 Å². The van der Waals surface area contributed by atoms with Gasteiger partial charge < -0.3 is 21.1 Å². The molecule has 0 aromatic heterocycles. The first-order valence-corrected chi connectivity index (χ1v) is 6.20. The molecule has 5 nitrogen and oxygen atoms in total. The minimum Gasteiger partial charge on any atom is -0.373 e. The number of benzene rings is 1. The van der Waals surface area contributed by atoms with Crippen LogP contribution in [0.15, 0.2) is 18.2 Å². The van der Waals surface area contributed by atoms with Gasteiger partial charge >= 0.3 is 0 Å². The number of carbonyl (C=O) groups excluding carboxylic acids is 1. The van der Waals surface area contributed by atoms with Gasteiger partial charge in [0.1, 0.15) is 5.82 Å². The third-order valence-corrected chi connectivity index (χ3v) is 3.24. The normalized spacial score (nSPS) is 21.2. The van der Waals surface area contributed by atoms with E-state index in [1.165, 1.54) is 6.07 Å². The lowest BCUT2D eigenvalue weighted by Crippen LogP contribution is -2.50. The zero-order valence-electron chi connectivity index (χ0n) is 10.8. The number of hydrogen-bond donors (Lipinski definition) is 2. The summed E-state index contributed by atoms with van der Waals surface area (Å²) in [6, 6.07) is 3.94. The van der Waals surface area contributed by atoms with E-state index in [4.69, 9.17) is 16.2 Å². The Bertz CT molecular complexity index is 479. The second-order valence-electron chi connectivity index (χ2n) is 4.74. The van der Waals surface area contributed by atoms with E-state index < -0.39 is 11.7 Å². The minimum atomic E-state index is -0.640. The summed E-state index contributed by atoms with van der Waals surface area (Å²) >= 11 is 0. The maximum atomic E-state index is 13.2. The lowest BCUT2D eigenvalue weighted by molar-refractivity contribution is 0.0275. The molecule has 1 aliphatic rings. The van der Waals surface area contributed by atoms with E-state index in [9.17, 15) is 9.18 Å². The molecule has 1 amide bonds. The Morgan fingerprint density at radius 2 is 2.32 bits per heavy atom. The maximum Gasteiger partial charge on any atom is 0.250 e. The number of nitrogens with two attached hydrogens (primary N) is 2. The number of rotatable bonds is 3. The van der Waals surface area contributed by atoms with Gasteiger partial charge in [0.05, 0.1) is 18.3 Å². The molecule has 0 bridgehead atoms. The van der Waals surface area contributed by atoms with Gasteiger partial charge in [0.2, 0.25) is 0 Å². The van der Waals surface area contributed by atoms with Crippen LogP contribution in [0.25, 0.3) is 0 Å². The second kappa shape index (κ2) is 5.54. The third-order valence-electron chi connectivity index (χ3n) is 3.24. The Labute approximate surface area is 111 Å². The number of nitrogens with zero attached hydrogens (tertiary/aromatic N) is 1. The molecular weight excluding hydrogens is 249 g/mol. The molecule has 1 aromatic rings. The SMILES string of the molecule is CC(N)C1CN(c2ccc(F)cc2C(N)=O)CCO1. The van der Waals surface area contributed by atoms with E-state index in [1.807, 2.05) is 11.8 Å². The molecule has 6 heteroatoms. The van der Waals surface area contributed by atoms with Gasteiger partial charge in [0, 0.05) is 24.8 Å². The highest BCUT2D eigenvalue weighted by atomic mass is 19.1. The molecule has 19 heavy (non-hydrogen) atoms. The molecule has 1 heterocycles. The summed E-state index contributed by atoms with van der Waals surface area (Å²) in [5, 5.41) is 0. The zero-order valence-corrected chi connectivity index (χ0v) is 10.8. The van der Waals surface area contributed by atoms with Crippen LogP contribution in [0.2, 0.25) is 0 Å². The van der Waals surface area contributed by atoms with Crippen LogP contribution in [0.4, 0.5) is 10.1 Å². The standard InChI is InChI=1S/C13H18FN3O2/c1-8(15)12-7-17(4-5-19-12)11-3-2-9(14)6-10(11)13(16)18/h2-3,6,8,12H,4-5,7,15H2,1H3,(H2,16,18). The fourth-order valence-corrected chi connectivity index (χ4v) is 2.19. The van der Waals surface area contributed by atoms with Crippen LogP contribution in [0.3, 0.4) is 0 Å². The quantitative estimate of drug-likeness (QED) is 0.834. The summed E-state index contributed by atoms with van der Waals surface area (Å²) in [6.45, 7) is 3.56. The second-order valence-corrected chi connectivity index (χ2v) is 4.74. The van der Waals surface area contributed by atoms with Gasteiger partial charge in [-0.2, -0.15) is 0 Å². The van der Waals surface area contributed by atoms with Crippen LogP contribution in [-0.2, 0) is 4.74 Å². The summed E-state index contributed by atoms with van der Waals surface area (Å²) in [5.41, 5.74) is 11.9. The van der Waals surface area contributed by atoms with Gasteiger partial charge in [-0.05, 0) is 25.1 Å². The number of hydrogen-bond acceptors (Lipinski definition) is 4. The number of ether oxygens (including phenoxy) is 1. The molecule has 1 fully saturated rings. The van der Waals surface area contributed by atoms with Gasteiger partial charge in [-0.1, -0.05) is 0 Å². The predicted molar refractivity (Wildman–Crippen MR) is 70.5 cm³/mol. The van der Waals surface area contributed by atoms with E-state index in [0.29, 0.717) is 25.4 Å². The number of halogens is 1. The van der Waals surface area contributed by atoms with E-state index >= 15 is 0 Å². The smallest absolute Gasteiger partial charge is 0.250 e. The molecular formula is C13H18FN3O2. The lowest BCUT2D eigenvalue weighted by atomic mass is 10.1. The fraction of sp³-hybridized carbons (Fsp3) is 0.462. The fourth-order valence-electron chi connectivity index (χ4n) is 2.19. The molecule has 1 saturated heterocycles. The Morgan fingerprint density at radius 3 is 2.95 bits per heavy atom. The lowest BCUT2D eigenvalue weighted by Gasteiger charge is -2.36. The summed E-state index contributed by atoms with van der Waals surface area (Å²) in [4.78, 5) is 13.4. The predicted octanol–water partition coefficient (Wildman–Crippen LogP) is 0.477. The van der Waals surface area contributed by atoms with Crippen molar-refractivity contribution in [3.8, 4) is 0 Å².